The van der Waals surface area contributed by atoms with Gasteiger partial charge in [-0.2, -0.15) is 0 Å². The Morgan fingerprint density at radius 3 is 2.29 bits per heavy atom. The standard InChI is InChI=1S/C28H28ClN5O4/c1-3-34(4-2)25-24(26(35)27(25)36)31-20(28(37)38)14-18-10-12-19(13-11-18)30-23-16-21(29)32-22(33-23)15-17-8-6-5-7-9-17/h5-13,16,20,31H,3-4,14-15H2,1-2H3,(H,37,38)(H,30,32,33)/t20-/m0/s1. The summed E-state index contributed by atoms with van der Waals surface area (Å²) in [5, 5.41) is 16.1. The molecule has 0 aliphatic heterocycles. The van der Waals surface area contributed by atoms with Crippen molar-refractivity contribution in [2.45, 2.75) is 32.7 Å². The maximum Gasteiger partial charge on any atom is 0.326 e. The molecular formula is C28H28ClN5O4. The fourth-order valence-electron chi connectivity index (χ4n) is 4.22. The fourth-order valence-corrected chi connectivity index (χ4v) is 4.42. The van der Waals surface area contributed by atoms with E-state index >= 15 is 0 Å². The summed E-state index contributed by atoms with van der Waals surface area (Å²) in [4.78, 5) is 46.8. The quantitative estimate of drug-likeness (QED) is 0.183. The van der Waals surface area contributed by atoms with Crippen LogP contribution in [0.2, 0.25) is 5.15 Å². The Morgan fingerprint density at radius 1 is 0.974 bits per heavy atom. The number of carbonyl (C=O) groups is 1. The zero-order chi connectivity index (χ0) is 27.2. The van der Waals surface area contributed by atoms with Gasteiger partial charge in [0.1, 0.15) is 34.2 Å². The summed E-state index contributed by atoms with van der Waals surface area (Å²) in [7, 11) is 0. The van der Waals surface area contributed by atoms with E-state index in [-0.39, 0.29) is 17.8 Å². The highest BCUT2D eigenvalue weighted by molar-refractivity contribution is 6.29. The van der Waals surface area contributed by atoms with Crippen LogP contribution in [-0.4, -0.2) is 40.2 Å². The van der Waals surface area contributed by atoms with Gasteiger partial charge in [-0.05, 0) is 37.1 Å². The molecule has 0 unspecified atom stereocenters. The van der Waals surface area contributed by atoms with Crippen molar-refractivity contribution < 1.29 is 9.90 Å². The number of anilines is 4. The summed E-state index contributed by atoms with van der Waals surface area (Å²) in [6.07, 6.45) is 0.659. The first-order valence-electron chi connectivity index (χ1n) is 12.3. The van der Waals surface area contributed by atoms with Crippen molar-refractivity contribution in [1.29, 1.82) is 0 Å². The molecule has 4 aromatic rings. The molecule has 3 N–H and O–H groups in total. The normalized spacial score (nSPS) is 11.8. The van der Waals surface area contributed by atoms with Crippen LogP contribution in [0.25, 0.3) is 0 Å². The highest BCUT2D eigenvalue weighted by Crippen LogP contribution is 2.23. The molecule has 0 fully saturated rings. The zero-order valence-electron chi connectivity index (χ0n) is 21.1. The molecule has 0 spiro atoms. The van der Waals surface area contributed by atoms with Gasteiger partial charge in [0.2, 0.25) is 0 Å². The van der Waals surface area contributed by atoms with Gasteiger partial charge in [-0.15, -0.1) is 0 Å². The number of hydrogen-bond donors (Lipinski definition) is 3. The van der Waals surface area contributed by atoms with E-state index in [0.717, 1.165) is 16.8 Å². The van der Waals surface area contributed by atoms with Crippen LogP contribution in [0, 0.1) is 0 Å². The van der Waals surface area contributed by atoms with E-state index in [4.69, 9.17) is 11.6 Å². The van der Waals surface area contributed by atoms with E-state index in [0.29, 0.717) is 36.3 Å². The lowest BCUT2D eigenvalue weighted by molar-refractivity contribution is -0.137. The van der Waals surface area contributed by atoms with Crippen LogP contribution in [0.3, 0.4) is 0 Å². The molecule has 0 radical (unpaired) electrons. The van der Waals surface area contributed by atoms with E-state index in [1.807, 2.05) is 44.2 Å². The molecule has 1 aromatic heterocycles. The van der Waals surface area contributed by atoms with Crippen LogP contribution in [0.5, 0.6) is 0 Å². The summed E-state index contributed by atoms with van der Waals surface area (Å²) in [5.41, 5.74) is 1.58. The van der Waals surface area contributed by atoms with Crippen molar-refractivity contribution in [3.63, 3.8) is 0 Å². The van der Waals surface area contributed by atoms with E-state index in [9.17, 15) is 19.5 Å². The lowest BCUT2D eigenvalue weighted by Gasteiger charge is -2.26. The minimum absolute atomic E-state index is 0.0660. The first kappa shape index (κ1) is 26.8. The minimum atomic E-state index is -1.12. The molecule has 1 atom stereocenters. The summed E-state index contributed by atoms with van der Waals surface area (Å²) >= 11 is 6.21. The Bertz CT molecular complexity index is 1480. The second-order valence-electron chi connectivity index (χ2n) is 8.77. The fraction of sp³-hybridized carbons (Fsp3) is 0.250. The molecule has 0 amide bonds. The van der Waals surface area contributed by atoms with Gasteiger partial charge in [0.25, 0.3) is 10.9 Å². The number of benzene rings is 2. The molecule has 0 saturated heterocycles. The molecule has 4 rings (SSSR count). The zero-order valence-corrected chi connectivity index (χ0v) is 21.8. The topological polar surface area (TPSA) is 125 Å². The van der Waals surface area contributed by atoms with E-state index < -0.39 is 22.9 Å². The molecular weight excluding hydrogens is 506 g/mol. The van der Waals surface area contributed by atoms with Crippen LogP contribution in [0.15, 0.2) is 70.3 Å². The van der Waals surface area contributed by atoms with Crippen molar-refractivity contribution >= 4 is 40.5 Å². The van der Waals surface area contributed by atoms with E-state index in [2.05, 4.69) is 20.6 Å². The van der Waals surface area contributed by atoms with Crippen LogP contribution in [-0.2, 0) is 17.6 Å². The van der Waals surface area contributed by atoms with Gasteiger partial charge in [-0.3, -0.25) is 9.59 Å². The largest absolute Gasteiger partial charge is 0.480 e. The second-order valence-corrected chi connectivity index (χ2v) is 9.16. The van der Waals surface area contributed by atoms with Crippen LogP contribution >= 0.6 is 11.6 Å². The number of aliphatic carboxylic acids is 1. The first-order valence-corrected chi connectivity index (χ1v) is 12.7. The Balaban J connectivity index is 1.45. The van der Waals surface area contributed by atoms with Crippen molar-refractivity contribution in [2.75, 3.05) is 28.6 Å². The second kappa shape index (κ2) is 11.9. The van der Waals surface area contributed by atoms with Crippen molar-refractivity contribution in [3.8, 4) is 0 Å². The lowest BCUT2D eigenvalue weighted by atomic mass is 10.0. The number of nitrogens with one attached hydrogen (secondary N) is 2. The summed E-state index contributed by atoms with van der Waals surface area (Å²) in [6, 6.07) is 17.6. The average molecular weight is 534 g/mol. The predicted molar refractivity (Wildman–Crippen MR) is 150 cm³/mol. The highest BCUT2D eigenvalue weighted by Gasteiger charge is 2.29. The average Bonchev–Trinajstić information content (AvgIpc) is 2.91. The third kappa shape index (κ3) is 6.18. The van der Waals surface area contributed by atoms with Crippen LogP contribution in [0.1, 0.15) is 30.8 Å². The molecule has 3 aromatic carbocycles. The maximum absolute atomic E-state index is 12.2. The van der Waals surface area contributed by atoms with E-state index in [1.54, 1.807) is 35.2 Å². The lowest BCUT2D eigenvalue weighted by Crippen LogP contribution is -2.45. The molecule has 0 saturated carbocycles. The Labute approximate surface area is 224 Å². The van der Waals surface area contributed by atoms with Crippen molar-refractivity contribution in [2.24, 2.45) is 0 Å². The Morgan fingerprint density at radius 2 is 1.66 bits per heavy atom. The molecule has 196 valence electrons. The van der Waals surface area contributed by atoms with Crippen LogP contribution < -0.4 is 26.4 Å². The first-order chi connectivity index (χ1) is 18.3. The van der Waals surface area contributed by atoms with Crippen molar-refractivity contribution in [1.82, 2.24) is 9.97 Å². The Kier molecular flexibility index (Phi) is 8.38. The SMILES string of the molecule is CCN(CC)c1c(N[C@@H](Cc2ccc(Nc3cc(Cl)nc(Cc4ccccc4)n3)cc2)C(=O)O)c(=O)c1=O. The molecule has 38 heavy (non-hydrogen) atoms. The number of rotatable bonds is 12. The summed E-state index contributed by atoms with van der Waals surface area (Å²) in [6.45, 7) is 4.81. The number of halogens is 1. The highest BCUT2D eigenvalue weighted by atomic mass is 35.5. The molecule has 1 heterocycles. The predicted octanol–water partition coefficient (Wildman–Crippen LogP) is 4.01. The number of hydrogen-bond acceptors (Lipinski definition) is 8. The summed E-state index contributed by atoms with van der Waals surface area (Å²) < 4.78 is 0. The molecule has 10 heteroatoms. The molecule has 9 nitrogen and oxygen atoms in total. The van der Waals surface area contributed by atoms with E-state index in [1.165, 1.54) is 0 Å². The maximum atomic E-state index is 12.2. The van der Waals surface area contributed by atoms with Gasteiger partial charge in [0.05, 0.1) is 0 Å². The van der Waals surface area contributed by atoms with Gasteiger partial charge in [0.15, 0.2) is 0 Å². The van der Waals surface area contributed by atoms with Crippen molar-refractivity contribution in [3.05, 3.63) is 103 Å². The summed E-state index contributed by atoms with van der Waals surface area (Å²) in [5.74, 6) is 0.00529. The van der Waals surface area contributed by atoms with Gasteiger partial charge >= 0.3 is 5.97 Å². The number of carboxylic acid groups (broad SMARTS) is 1. The molecule has 0 aliphatic carbocycles. The number of nitrogens with zero attached hydrogens (tertiary/aromatic N) is 3. The van der Waals surface area contributed by atoms with Crippen LogP contribution in [0.4, 0.5) is 22.9 Å². The third-order valence-corrected chi connectivity index (χ3v) is 6.39. The van der Waals surface area contributed by atoms with Gasteiger partial charge in [-0.1, -0.05) is 54.1 Å². The minimum Gasteiger partial charge on any atom is -0.480 e. The van der Waals surface area contributed by atoms with Gasteiger partial charge in [-0.25, -0.2) is 14.8 Å². The molecule has 0 aliphatic rings. The molecule has 0 bridgehead atoms. The number of aromatic nitrogens is 2. The number of carboxylic acids is 1. The van der Waals surface area contributed by atoms with Gasteiger partial charge < -0.3 is 20.6 Å². The smallest absolute Gasteiger partial charge is 0.326 e. The van der Waals surface area contributed by atoms with Gasteiger partial charge in [0, 0.05) is 37.7 Å². The third-order valence-electron chi connectivity index (χ3n) is 6.19. The Hall–Kier alpha value is -4.24. The monoisotopic (exact) mass is 533 g/mol.